The summed E-state index contributed by atoms with van der Waals surface area (Å²) in [5.74, 6) is -1.06. The third-order valence-electron chi connectivity index (χ3n) is 4.55. The van der Waals surface area contributed by atoms with E-state index < -0.39 is 39.8 Å². The Kier molecular flexibility index (Phi) is 6.63. The molecule has 2 atom stereocenters. The Morgan fingerprint density at radius 1 is 0.903 bits per heavy atom. The van der Waals surface area contributed by atoms with E-state index in [1.165, 1.54) is 0 Å². The summed E-state index contributed by atoms with van der Waals surface area (Å²) in [5.41, 5.74) is -3.68. The van der Waals surface area contributed by atoms with E-state index in [1.54, 1.807) is 65.8 Å². The molecule has 0 fully saturated rings. The van der Waals surface area contributed by atoms with Gasteiger partial charge in [-0.3, -0.25) is 10.1 Å². The number of nitro groups is 1. The molecule has 0 spiro atoms. The van der Waals surface area contributed by atoms with E-state index in [2.05, 4.69) is 5.32 Å². The third kappa shape index (κ3) is 5.71. The largest absolute Gasteiger partial charge is 0.455 e. The Balaban J connectivity index is 2.68. The standard InChI is InChI=1S/C23H30N2O6/c1-21(2,3)30-19(26)23(7,25(28)29)18(24-20(27)31-22(4,5)6)17-14-10-12-15-11-8-9-13-16(15)17/h8-14,18H,1-7H3,(H,24,27)/t18-,23+/m0/s1. The molecule has 8 heteroatoms. The molecular formula is C23H30N2O6. The maximum absolute atomic E-state index is 13.1. The minimum absolute atomic E-state index is 0.411. The lowest BCUT2D eigenvalue weighted by Gasteiger charge is -2.32. The number of ether oxygens (including phenoxy) is 2. The molecule has 0 aromatic heterocycles. The molecule has 2 aromatic carbocycles. The molecule has 1 N–H and O–H groups in total. The molecule has 0 aliphatic heterocycles. The first-order chi connectivity index (χ1) is 14.1. The highest BCUT2D eigenvalue weighted by molar-refractivity contribution is 5.89. The van der Waals surface area contributed by atoms with Crippen LogP contribution in [0.1, 0.15) is 60.1 Å². The van der Waals surface area contributed by atoms with Crippen LogP contribution >= 0.6 is 0 Å². The van der Waals surface area contributed by atoms with Gasteiger partial charge in [0.1, 0.15) is 17.2 Å². The summed E-state index contributed by atoms with van der Waals surface area (Å²) in [4.78, 5) is 37.3. The number of hydrogen-bond acceptors (Lipinski definition) is 6. The summed E-state index contributed by atoms with van der Waals surface area (Å²) in [6, 6.07) is 11.1. The number of rotatable bonds is 5. The fourth-order valence-corrected chi connectivity index (χ4v) is 3.13. The monoisotopic (exact) mass is 430 g/mol. The van der Waals surface area contributed by atoms with Crippen molar-refractivity contribution in [3.8, 4) is 0 Å². The van der Waals surface area contributed by atoms with Gasteiger partial charge >= 0.3 is 17.6 Å². The van der Waals surface area contributed by atoms with Gasteiger partial charge in [0.15, 0.2) is 0 Å². The molecule has 0 saturated heterocycles. The molecule has 0 bridgehead atoms. The van der Waals surface area contributed by atoms with Crippen LogP contribution in [0.3, 0.4) is 0 Å². The Morgan fingerprint density at radius 3 is 2.00 bits per heavy atom. The predicted molar refractivity (Wildman–Crippen MR) is 117 cm³/mol. The van der Waals surface area contributed by atoms with Crippen LogP contribution in [-0.4, -0.2) is 33.7 Å². The van der Waals surface area contributed by atoms with Gasteiger partial charge in [0.25, 0.3) is 0 Å². The summed E-state index contributed by atoms with van der Waals surface area (Å²) >= 11 is 0. The number of alkyl carbamates (subject to hydrolysis) is 1. The van der Waals surface area contributed by atoms with Crippen LogP contribution in [0, 0.1) is 10.1 Å². The average Bonchev–Trinajstić information content (AvgIpc) is 2.62. The summed E-state index contributed by atoms with van der Waals surface area (Å²) in [7, 11) is 0. The molecule has 0 radical (unpaired) electrons. The van der Waals surface area contributed by atoms with Crippen molar-refractivity contribution in [1.82, 2.24) is 5.32 Å². The minimum atomic E-state index is -2.31. The van der Waals surface area contributed by atoms with Crippen molar-refractivity contribution in [3.63, 3.8) is 0 Å². The highest BCUT2D eigenvalue weighted by Gasteiger charge is 2.57. The van der Waals surface area contributed by atoms with Crippen molar-refractivity contribution >= 4 is 22.8 Å². The van der Waals surface area contributed by atoms with Gasteiger partial charge in [-0.05, 0) is 57.9 Å². The lowest BCUT2D eigenvalue weighted by molar-refractivity contribution is -0.557. The normalized spacial score (nSPS) is 14.9. The van der Waals surface area contributed by atoms with E-state index in [-0.39, 0.29) is 0 Å². The van der Waals surface area contributed by atoms with Crippen LogP contribution in [0.5, 0.6) is 0 Å². The Bertz CT molecular complexity index is 984. The summed E-state index contributed by atoms with van der Waals surface area (Å²) in [6.45, 7) is 11.1. The third-order valence-corrected chi connectivity index (χ3v) is 4.55. The first kappa shape index (κ1) is 24.1. The number of carbonyl (C=O) groups excluding carboxylic acids is 2. The van der Waals surface area contributed by atoms with Crippen LogP contribution in [0.4, 0.5) is 4.79 Å². The van der Waals surface area contributed by atoms with Crippen molar-refractivity contribution < 1.29 is 24.0 Å². The molecule has 0 saturated carbocycles. The van der Waals surface area contributed by atoms with Crippen molar-refractivity contribution in [3.05, 3.63) is 58.1 Å². The van der Waals surface area contributed by atoms with Gasteiger partial charge in [-0.25, -0.2) is 9.59 Å². The first-order valence-electron chi connectivity index (χ1n) is 10.0. The van der Waals surface area contributed by atoms with Crippen molar-refractivity contribution in [2.75, 3.05) is 0 Å². The second-order valence-corrected chi connectivity index (χ2v) is 9.55. The van der Waals surface area contributed by atoms with Gasteiger partial charge in [0.2, 0.25) is 0 Å². The minimum Gasteiger partial charge on any atom is -0.455 e. The van der Waals surface area contributed by atoms with E-state index in [0.29, 0.717) is 10.9 Å². The van der Waals surface area contributed by atoms with Gasteiger partial charge in [-0.1, -0.05) is 42.5 Å². The molecule has 1 amide bonds. The van der Waals surface area contributed by atoms with E-state index in [4.69, 9.17) is 9.47 Å². The smallest absolute Gasteiger partial charge is 0.408 e. The zero-order valence-electron chi connectivity index (χ0n) is 19.0. The van der Waals surface area contributed by atoms with Crippen LogP contribution in [0.15, 0.2) is 42.5 Å². The first-order valence-corrected chi connectivity index (χ1v) is 10.0. The Labute approximate surface area is 182 Å². The Hall–Kier alpha value is -3.16. The average molecular weight is 431 g/mol. The number of benzene rings is 2. The molecular weight excluding hydrogens is 400 g/mol. The number of amides is 1. The zero-order valence-corrected chi connectivity index (χ0v) is 19.0. The lowest BCUT2D eigenvalue weighted by atomic mass is 9.84. The van der Waals surface area contributed by atoms with Crippen LogP contribution in [-0.2, 0) is 14.3 Å². The summed E-state index contributed by atoms with van der Waals surface area (Å²) in [6.07, 6.45) is -0.873. The second kappa shape index (κ2) is 8.53. The molecule has 0 aliphatic rings. The quantitative estimate of drug-likeness (QED) is 0.415. The number of esters is 1. The maximum atomic E-state index is 13.1. The van der Waals surface area contributed by atoms with Crippen molar-refractivity contribution in [2.24, 2.45) is 0 Å². The number of hydrogen-bond donors (Lipinski definition) is 1. The van der Waals surface area contributed by atoms with Gasteiger partial charge in [-0.15, -0.1) is 0 Å². The number of fused-ring (bicyclic) bond motifs is 1. The van der Waals surface area contributed by atoms with E-state index in [1.807, 2.05) is 18.2 Å². The molecule has 31 heavy (non-hydrogen) atoms. The SMILES string of the molecule is CC(C)(C)OC(=O)N[C@@H](c1cccc2ccccc12)[C@](C)(C(=O)OC(C)(C)C)[N+](=O)[O-]. The fourth-order valence-electron chi connectivity index (χ4n) is 3.13. The fraction of sp³-hybridized carbons (Fsp3) is 0.478. The molecule has 2 rings (SSSR count). The van der Waals surface area contributed by atoms with E-state index in [9.17, 15) is 19.7 Å². The maximum Gasteiger partial charge on any atom is 0.408 e. The summed E-state index contributed by atoms with van der Waals surface area (Å²) in [5, 5.41) is 16.3. The van der Waals surface area contributed by atoms with Gasteiger partial charge < -0.3 is 14.8 Å². The predicted octanol–water partition coefficient (Wildman–Crippen LogP) is 4.78. The van der Waals surface area contributed by atoms with Gasteiger partial charge in [0.05, 0.1) is 0 Å². The summed E-state index contributed by atoms with van der Waals surface area (Å²) < 4.78 is 10.7. The number of carbonyl (C=O) groups is 2. The topological polar surface area (TPSA) is 108 Å². The van der Waals surface area contributed by atoms with Gasteiger partial charge in [-0.2, -0.15) is 0 Å². The van der Waals surface area contributed by atoms with E-state index in [0.717, 1.165) is 12.3 Å². The van der Waals surface area contributed by atoms with Crippen LogP contribution in [0.25, 0.3) is 10.8 Å². The highest BCUT2D eigenvalue weighted by atomic mass is 16.6. The van der Waals surface area contributed by atoms with Gasteiger partial charge in [0, 0.05) is 11.8 Å². The molecule has 8 nitrogen and oxygen atoms in total. The van der Waals surface area contributed by atoms with Crippen molar-refractivity contribution in [2.45, 2.75) is 71.2 Å². The van der Waals surface area contributed by atoms with Crippen molar-refractivity contribution in [1.29, 1.82) is 0 Å². The van der Waals surface area contributed by atoms with E-state index >= 15 is 0 Å². The van der Waals surface area contributed by atoms with Crippen LogP contribution < -0.4 is 5.32 Å². The lowest BCUT2D eigenvalue weighted by Crippen LogP contribution is -2.57. The molecule has 0 unspecified atom stereocenters. The molecule has 0 aliphatic carbocycles. The highest BCUT2D eigenvalue weighted by Crippen LogP contribution is 2.35. The molecule has 2 aromatic rings. The van der Waals surface area contributed by atoms with Crippen LogP contribution in [0.2, 0.25) is 0 Å². The second-order valence-electron chi connectivity index (χ2n) is 9.55. The zero-order chi connectivity index (χ0) is 23.6. The Morgan fingerprint density at radius 2 is 1.45 bits per heavy atom. The molecule has 168 valence electrons. The molecule has 0 heterocycles. The number of nitrogens with zero attached hydrogens (tertiary/aromatic N) is 1. The number of nitrogens with one attached hydrogen (secondary N) is 1.